The molecule has 0 aliphatic rings. The molecule has 2 heterocycles. The molecule has 2 N–H and O–H groups in total. The lowest BCUT2D eigenvalue weighted by atomic mass is 10.4. The number of aromatic nitrogens is 4. The van der Waals surface area contributed by atoms with Gasteiger partial charge in [-0.25, -0.2) is 9.97 Å². The average Bonchev–Trinajstić information content (AvgIpc) is 2.75. The third-order valence-corrected chi connectivity index (χ3v) is 1.89. The molecular formula is C9H10N6O2. The molecule has 0 atom stereocenters. The Balaban J connectivity index is 2.09. The molecule has 8 heteroatoms. The summed E-state index contributed by atoms with van der Waals surface area (Å²) in [5, 5.41) is 8.76. The lowest BCUT2D eigenvalue weighted by Gasteiger charge is -2.00. The number of aryl methyl sites for hydroxylation is 1. The first-order chi connectivity index (χ1) is 8.19. The van der Waals surface area contributed by atoms with E-state index in [1.54, 1.807) is 14.0 Å². The Bertz CT molecular complexity index is 521. The molecule has 2 aromatic rings. The van der Waals surface area contributed by atoms with Gasteiger partial charge in [-0.2, -0.15) is 4.98 Å². The SMILES string of the molecule is CNc1cnc(C(=O)Nc2nc(C)no2)cn1. The summed E-state index contributed by atoms with van der Waals surface area (Å²) in [6.45, 7) is 1.65. The summed E-state index contributed by atoms with van der Waals surface area (Å²) in [5.74, 6) is 0.566. The van der Waals surface area contributed by atoms with Crippen LogP contribution < -0.4 is 10.6 Å². The minimum Gasteiger partial charge on any atom is -0.372 e. The number of hydrogen-bond donors (Lipinski definition) is 2. The average molecular weight is 234 g/mol. The van der Waals surface area contributed by atoms with E-state index in [0.717, 1.165) is 0 Å². The Labute approximate surface area is 96.5 Å². The minimum atomic E-state index is -0.455. The van der Waals surface area contributed by atoms with Crippen molar-refractivity contribution in [2.45, 2.75) is 6.92 Å². The Morgan fingerprint density at radius 3 is 2.71 bits per heavy atom. The second-order valence-electron chi connectivity index (χ2n) is 3.14. The van der Waals surface area contributed by atoms with Gasteiger partial charge in [0.1, 0.15) is 11.5 Å². The molecule has 0 bridgehead atoms. The lowest BCUT2D eigenvalue weighted by Crippen LogP contribution is -2.14. The quantitative estimate of drug-likeness (QED) is 0.794. The van der Waals surface area contributed by atoms with Crippen LogP contribution in [0.25, 0.3) is 0 Å². The van der Waals surface area contributed by atoms with Crippen molar-refractivity contribution in [3.8, 4) is 0 Å². The van der Waals surface area contributed by atoms with Gasteiger partial charge in [-0.1, -0.05) is 5.16 Å². The van der Waals surface area contributed by atoms with E-state index >= 15 is 0 Å². The summed E-state index contributed by atoms with van der Waals surface area (Å²) in [6, 6.07) is 0.0343. The molecule has 0 saturated carbocycles. The summed E-state index contributed by atoms with van der Waals surface area (Å²) in [5.41, 5.74) is 0.167. The van der Waals surface area contributed by atoms with E-state index in [2.05, 4.69) is 30.7 Å². The number of rotatable bonds is 3. The number of amides is 1. The molecule has 0 saturated heterocycles. The highest BCUT2D eigenvalue weighted by atomic mass is 16.5. The third-order valence-electron chi connectivity index (χ3n) is 1.89. The molecule has 0 aliphatic heterocycles. The molecule has 2 rings (SSSR count). The maximum atomic E-state index is 11.7. The first-order valence-corrected chi connectivity index (χ1v) is 4.80. The molecule has 17 heavy (non-hydrogen) atoms. The monoisotopic (exact) mass is 234 g/mol. The second kappa shape index (κ2) is 4.56. The van der Waals surface area contributed by atoms with Crippen LogP contribution in [0.1, 0.15) is 16.3 Å². The molecule has 1 amide bonds. The van der Waals surface area contributed by atoms with Crippen molar-refractivity contribution >= 4 is 17.7 Å². The van der Waals surface area contributed by atoms with Gasteiger partial charge in [0.05, 0.1) is 12.4 Å². The topological polar surface area (TPSA) is 106 Å². The van der Waals surface area contributed by atoms with E-state index in [-0.39, 0.29) is 11.7 Å². The normalized spacial score (nSPS) is 10.0. The van der Waals surface area contributed by atoms with Gasteiger partial charge in [-0.05, 0) is 6.92 Å². The molecule has 0 unspecified atom stereocenters. The van der Waals surface area contributed by atoms with Crippen LogP contribution in [0.3, 0.4) is 0 Å². The van der Waals surface area contributed by atoms with Crippen molar-refractivity contribution in [1.82, 2.24) is 20.1 Å². The standard InChI is InChI=1S/C9H10N6O2/c1-5-13-9(17-15-5)14-8(16)6-3-12-7(10-2)4-11-6/h3-4H,1-2H3,(H,10,12)(H,13,14,15,16). The van der Waals surface area contributed by atoms with Crippen LogP contribution >= 0.6 is 0 Å². The number of nitrogens with zero attached hydrogens (tertiary/aromatic N) is 4. The smallest absolute Gasteiger partial charge is 0.328 e. The molecule has 8 nitrogen and oxygen atoms in total. The maximum Gasteiger partial charge on any atom is 0.328 e. The Morgan fingerprint density at radius 2 is 2.18 bits per heavy atom. The van der Waals surface area contributed by atoms with Crippen molar-refractivity contribution in [3.05, 3.63) is 23.9 Å². The van der Waals surface area contributed by atoms with Gasteiger partial charge in [0.2, 0.25) is 0 Å². The van der Waals surface area contributed by atoms with Crippen LogP contribution in [0.4, 0.5) is 11.8 Å². The maximum absolute atomic E-state index is 11.7. The molecule has 0 fully saturated rings. The van der Waals surface area contributed by atoms with Crippen molar-refractivity contribution < 1.29 is 9.32 Å². The van der Waals surface area contributed by atoms with E-state index in [9.17, 15) is 4.79 Å². The summed E-state index contributed by atoms with van der Waals surface area (Å²) in [4.78, 5) is 23.4. The van der Waals surface area contributed by atoms with E-state index in [1.165, 1.54) is 12.4 Å². The fraction of sp³-hybridized carbons (Fsp3) is 0.222. The molecule has 0 radical (unpaired) electrons. The van der Waals surface area contributed by atoms with Crippen molar-refractivity contribution in [3.63, 3.8) is 0 Å². The van der Waals surface area contributed by atoms with Crippen molar-refractivity contribution in [2.75, 3.05) is 17.7 Å². The van der Waals surface area contributed by atoms with E-state index in [1.807, 2.05) is 0 Å². The fourth-order valence-corrected chi connectivity index (χ4v) is 1.08. The van der Waals surface area contributed by atoms with Gasteiger partial charge < -0.3 is 9.84 Å². The zero-order valence-electron chi connectivity index (χ0n) is 9.26. The highest BCUT2D eigenvalue weighted by Crippen LogP contribution is 2.05. The van der Waals surface area contributed by atoms with Crippen LogP contribution in [-0.2, 0) is 0 Å². The Kier molecular flexibility index (Phi) is 2.95. The second-order valence-corrected chi connectivity index (χ2v) is 3.14. The molecule has 88 valence electrons. The first-order valence-electron chi connectivity index (χ1n) is 4.80. The molecule has 0 aliphatic carbocycles. The third kappa shape index (κ3) is 2.54. The summed E-state index contributed by atoms with van der Waals surface area (Å²) in [7, 11) is 1.71. The van der Waals surface area contributed by atoms with Gasteiger partial charge in [0.25, 0.3) is 5.91 Å². The van der Waals surface area contributed by atoms with E-state index < -0.39 is 5.91 Å². The van der Waals surface area contributed by atoms with Crippen LogP contribution in [0.15, 0.2) is 16.9 Å². The van der Waals surface area contributed by atoms with Crippen molar-refractivity contribution in [2.24, 2.45) is 0 Å². The Hall–Kier alpha value is -2.51. The van der Waals surface area contributed by atoms with Gasteiger partial charge in [-0.3, -0.25) is 10.1 Å². The minimum absolute atomic E-state index is 0.0343. The number of carbonyl (C=O) groups is 1. The fourth-order valence-electron chi connectivity index (χ4n) is 1.08. The van der Waals surface area contributed by atoms with Crippen LogP contribution in [0.5, 0.6) is 0 Å². The highest BCUT2D eigenvalue weighted by molar-refractivity contribution is 6.01. The summed E-state index contributed by atoms with van der Waals surface area (Å²) < 4.78 is 4.75. The van der Waals surface area contributed by atoms with Gasteiger partial charge in [-0.15, -0.1) is 0 Å². The summed E-state index contributed by atoms with van der Waals surface area (Å²) in [6.07, 6.45) is 2.80. The number of carbonyl (C=O) groups excluding carboxylic acids is 1. The number of hydrogen-bond acceptors (Lipinski definition) is 7. The molecular weight excluding hydrogens is 224 g/mol. The number of nitrogens with one attached hydrogen (secondary N) is 2. The van der Waals surface area contributed by atoms with Gasteiger partial charge >= 0.3 is 6.01 Å². The molecule has 0 aromatic carbocycles. The van der Waals surface area contributed by atoms with Crippen LogP contribution in [0.2, 0.25) is 0 Å². The molecule has 2 aromatic heterocycles. The molecule has 0 spiro atoms. The van der Waals surface area contributed by atoms with Gasteiger partial charge in [0.15, 0.2) is 5.82 Å². The highest BCUT2D eigenvalue weighted by Gasteiger charge is 2.11. The number of anilines is 2. The van der Waals surface area contributed by atoms with E-state index in [4.69, 9.17) is 4.52 Å². The zero-order valence-corrected chi connectivity index (χ0v) is 9.26. The lowest BCUT2D eigenvalue weighted by molar-refractivity contribution is 0.101. The first kappa shape index (κ1) is 11.0. The Morgan fingerprint density at radius 1 is 1.35 bits per heavy atom. The predicted octanol–water partition coefficient (Wildman–Crippen LogP) is 0.462. The predicted molar refractivity (Wildman–Crippen MR) is 58.6 cm³/mol. The van der Waals surface area contributed by atoms with Crippen molar-refractivity contribution in [1.29, 1.82) is 0 Å². The zero-order chi connectivity index (χ0) is 12.3. The van der Waals surface area contributed by atoms with E-state index in [0.29, 0.717) is 11.6 Å². The van der Waals surface area contributed by atoms with Crippen LogP contribution in [-0.4, -0.2) is 33.1 Å². The largest absolute Gasteiger partial charge is 0.372 e. The summed E-state index contributed by atoms with van der Waals surface area (Å²) >= 11 is 0. The van der Waals surface area contributed by atoms with Crippen LogP contribution in [0, 0.1) is 6.92 Å². The van der Waals surface area contributed by atoms with Gasteiger partial charge in [0, 0.05) is 7.05 Å².